The predicted octanol–water partition coefficient (Wildman–Crippen LogP) is 3.60. The van der Waals surface area contributed by atoms with Crippen molar-refractivity contribution in [1.82, 2.24) is 4.90 Å². The third-order valence-corrected chi connectivity index (χ3v) is 3.97. The standard InChI is InChI=1S/C20H27N3O/c1-16(2)23(15-17-8-6-5-7-9-17)20(24)14-21-18-10-12-19(13-11-18)22(3)4/h5-13,16,21H,14-15H2,1-4H3. The van der Waals surface area contributed by atoms with Crippen molar-refractivity contribution in [2.45, 2.75) is 26.4 Å². The van der Waals surface area contributed by atoms with Crippen molar-refractivity contribution in [1.29, 1.82) is 0 Å². The summed E-state index contributed by atoms with van der Waals surface area (Å²) in [5.74, 6) is 0.102. The second-order valence-corrected chi connectivity index (χ2v) is 6.40. The molecular formula is C20H27N3O. The van der Waals surface area contributed by atoms with Crippen LogP contribution in [0.25, 0.3) is 0 Å². The third-order valence-electron chi connectivity index (χ3n) is 3.97. The van der Waals surface area contributed by atoms with Gasteiger partial charge in [-0.2, -0.15) is 0 Å². The highest BCUT2D eigenvalue weighted by Crippen LogP contribution is 2.16. The summed E-state index contributed by atoms with van der Waals surface area (Å²) >= 11 is 0. The van der Waals surface area contributed by atoms with Gasteiger partial charge >= 0.3 is 0 Å². The van der Waals surface area contributed by atoms with Crippen LogP contribution in [0.3, 0.4) is 0 Å². The van der Waals surface area contributed by atoms with Crippen molar-refractivity contribution in [3.63, 3.8) is 0 Å². The van der Waals surface area contributed by atoms with Gasteiger partial charge in [-0.1, -0.05) is 30.3 Å². The molecule has 2 rings (SSSR count). The molecule has 0 aliphatic rings. The van der Waals surface area contributed by atoms with Crippen LogP contribution in [0.1, 0.15) is 19.4 Å². The van der Waals surface area contributed by atoms with Gasteiger partial charge in [0.2, 0.25) is 5.91 Å². The molecule has 2 aromatic carbocycles. The maximum Gasteiger partial charge on any atom is 0.242 e. The second-order valence-electron chi connectivity index (χ2n) is 6.40. The molecule has 0 aliphatic heterocycles. The molecule has 0 bridgehead atoms. The van der Waals surface area contributed by atoms with Crippen LogP contribution < -0.4 is 10.2 Å². The number of carbonyl (C=O) groups is 1. The van der Waals surface area contributed by atoms with Gasteiger partial charge in [0.25, 0.3) is 0 Å². The molecule has 4 nitrogen and oxygen atoms in total. The molecular weight excluding hydrogens is 298 g/mol. The van der Waals surface area contributed by atoms with E-state index in [1.165, 1.54) is 0 Å². The van der Waals surface area contributed by atoms with Crippen molar-refractivity contribution in [3.8, 4) is 0 Å². The number of amides is 1. The first kappa shape index (κ1) is 17.9. The molecule has 24 heavy (non-hydrogen) atoms. The van der Waals surface area contributed by atoms with E-state index >= 15 is 0 Å². The largest absolute Gasteiger partial charge is 0.378 e. The molecule has 1 N–H and O–H groups in total. The zero-order valence-corrected chi connectivity index (χ0v) is 15.0. The molecule has 0 spiro atoms. The van der Waals surface area contributed by atoms with E-state index in [4.69, 9.17) is 0 Å². The minimum absolute atomic E-state index is 0.102. The van der Waals surface area contributed by atoms with E-state index in [1.54, 1.807) is 0 Å². The van der Waals surface area contributed by atoms with E-state index in [-0.39, 0.29) is 11.9 Å². The lowest BCUT2D eigenvalue weighted by Crippen LogP contribution is -2.39. The molecule has 128 valence electrons. The third kappa shape index (κ3) is 5.01. The van der Waals surface area contributed by atoms with Gasteiger partial charge in [-0.3, -0.25) is 4.79 Å². The number of rotatable bonds is 7. The van der Waals surface area contributed by atoms with E-state index in [0.29, 0.717) is 13.1 Å². The monoisotopic (exact) mass is 325 g/mol. The van der Waals surface area contributed by atoms with E-state index in [0.717, 1.165) is 16.9 Å². The van der Waals surface area contributed by atoms with Gasteiger partial charge in [0.05, 0.1) is 6.54 Å². The fourth-order valence-electron chi connectivity index (χ4n) is 2.50. The Bertz CT molecular complexity index is 636. The van der Waals surface area contributed by atoms with Crippen LogP contribution in [0.4, 0.5) is 11.4 Å². The first-order chi connectivity index (χ1) is 11.5. The molecule has 0 saturated heterocycles. The normalized spacial score (nSPS) is 10.5. The molecule has 0 aliphatic carbocycles. The molecule has 0 fully saturated rings. The Balaban J connectivity index is 1.95. The van der Waals surface area contributed by atoms with E-state index in [2.05, 4.69) is 22.3 Å². The van der Waals surface area contributed by atoms with Crippen molar-refractivity contribution in [2.75, 3.05) is 30.9 Å². The summed E-state index contributed by atoms with van der Waals surface area (Å²) < 4.78 is 0. The number of nitrogens with one attached hydrogen (secondary N) is 1. The number of hydrogen-bond donors (Lipinski definition) is 1. The average Bonchev–Trinajstić information content (AvgIpc) is 2.58. The lowest BCUT2D eigenvalue weighted by Gasteiger charge is -2.27. The van der Waals surface area contributed by atoms with Crippen LogP contribution in [-0.2, 0) is 11.3 Å². The Morgan fingerprint density at radius 2 is 1.62 bits per heavy atom. The van der Waals surface area contributed by atoms with Gasteiger partial charge in [0, 0.05) is 38.1 Å². The maximum atomic E-state index is 12.6. The Hall–Kier alpha value is -2.49. The average molecular weight is 325 g/mol. The fraction of sp³-hybridized carbons (Fsp3) is 0.350. The highest BCUT2D eigenvalue weighted by atomic mass is 16.2. The van der Waals surface area contributed by atoms with Gasteiger partial charge in [-0.15, -0.1) is 0 Å². The number of anilines is 2. The Kier molecular flexibility index (Phi) is 6.24. The Labute approximate surface area is 145 Å². The minimum Gasteiger partial charge on any atom is -0.378 e. The summed E-state index contributed by atoms with van der Waals surface area (Å²) in [7, 11) is 4.02. The summed E-state index contributed by atoms with van der Waals surface area (Å²) in [6, 6.07) is 18.3. The zero-order chi connectivity index (χ0) is 17.5. The highest BCUT2D eigenvalue weighted by molar-refractivity contribution is 5.81. The molecule has 0 saturated carbocycles. The number of hydrogen-bond acceptors (Lipinski definition) is 3. The molecule has 0 radical (unpaired) electrons. The van der Waals surface area contributed by atoms with Crippen LogP contribution in [-0.4, -0.2) is 37.5 Å². The molecule has 0 heterocycles. The quantitative estimate of drug-likeness (QED) is 0.845. The van der Waals surface area contributed by atoms with Crippen LogP contribution in [0.2, 0.25) is 0 Å². The molecule has 0 atom stereocenters. The van der Waals surface area contributed by atoms with E-state index in [1.807, 2.05) is 75.3 Å². The predicted molar refractivity (Wildman–Crippen MR) is 101 cm³/mol. The lowest BCUT2D eigenvalue weighted by atomic mass is 10.2. The zero-order valence-electron chi connectivity index (χ0n) is 15.0. The molecule has 4 heteroatoms. The van der Waals surface area contributed by atoms with Crippen LogP contribution >= 0.6 is 0 Å². The summed E-state index contributed by atoms with van der Waals surface area (Å²) in [6.45, 7) is 5.03. The van der Waals surface area contributed by atoms with Crippen LogP contribution in [0.5, 0.6) is 0 Å². The summed E-state index contributed by atoms with van der Waals surface area (Å²) in [5.41, 5.74) is 3.24. The number of benzene rings is 2. The van der Waals surface area contributed by atoms with Gasteiger partial charge < -0.3 is 15.1 Å². The molecule has 2 aromatic rings. The summed E-state index contributed by atoms with van der Waals surface area (Å²) in [4.78, 5) is 16.5. The van der Waals surface area contributed by atoms with Crippen LogP contribution in [0, 0.1) is 0 Å². The molecule has 0 unspecified atom stereocenters. The topological polar surface area (TPSA) is 35.6 Å². The Morgan fingerprint density at radius 1 is 1.00 bits per heavy atom. The van der Waals surface area contributed by atoms with Gasteiger partial charge in [0.1, 0.15) is 0 Å². The Morgan fingerprint density at radius 3 is 2.17 bits per heavy atom. The fourth-order valence-corrected chi connectivity index (χ4v) is 2.50. The number of carbonyl (C=O) groups excluding carboxylic acids is 1. The number of nitrogens with zero attached hydrogens (tertiary/aromatic N) is 2. The van der Waals surface area contributed by atoms with E-state index < -0.39 is 0 Å². The molecule has 1 amide bonds. The lowest BCUT2D eigenvalue weighted by molar-refractivity contribution is -0.131. The van der Waals surface area contributed by atoms with Crippen LogP contribution in [0.15, 0.2) is 54.6 Å². The van der Waals surface area contributed by atoms with Crippen molar-refractivity contribution >= 4 is 17.3 Å². The smallest absolute Gasteiger partial charge is 0.242 e. The van der Waals surface area contributed by atoms with Gasteiger partial charge in [-0.05, 0) is 43.7 Å². The van der Waals surface area contributed by atoms with E-state index in [9.17, 15) is 4.79 Å². The highest BCUT2D eigenvalue weighted by Gasteiger charge is 2.16. The molecule has 0 aromatic heterocycles. The second kappa shape index (κ2) is 8.39. The van der Waals surface area contributed by atoms with Gasteiger partial charge in [0.15, 0.2) is 0 Å². The maximum absolute atomic E-state index is 12.6. The van der Waals surface area contributed by atoms with Gasteiger partial charge in [-0.25, -0.2) is 0 Å². The van der Waals surface area contributed by atoms with Crippen molar-refractivity contribution in [3.05, 3.63) is 60.2 Å². The van der Waals surface area contributed by atoms with Crippen molar-refractivity contribution < 1.29 is 4.79 Å². The van der Waals surface area contributed by atoms with Crippen molar-refractivity contribution in [2.24, 2.45) is 0 Å². The summed E-state index contributed by atoms with van der Waals surface area (Å²) in [6.07, 6.45) is 0. The first-order valence-corrected chi connectivity index (χ1v) is 8.32. The summed E-state index contributed by atoms with van der Waals surface area (Å²) in [5, 5.41) is 3.22. The first-order valence-electron chi connectivity index (χ1n) is 8.32. The SMILES string of the molecule is CC(C)N(Cc1ccccc1)C(=O)CNc1ccc(N(C)C)cc1. The minimum atomic E-state index is 0.102.